The van der Waals surface area contributed by atoms with Gasteiger partial charge in [0.05, 0.1) is 0 Å². The largest absolute Gasteiger partial charge is 0.334 e. The smallest absolute Gasteiger partial charge is 0.254 e. The Morgan fingerprint density at radius 2 is 2.21 bits per heavy atom. The molecule has 0 saturated carbocycles. The van der Waals surface area contributed by atoms with Gasteiger partial charge < -0.3 is 10.6 Å². The van der Waals surface area contributed by atoms with E-state index in [2.05, 4.69) is 0 Å². The lowest BCUT2D eigenvalue weighted by Crippen LogP contribution is -2.51. The lowest BCUT2D eigenvalue weighted by atomic mass is 9.95. The summed E-state index contributed by atoms with van der Waals surface area (Å²) in [5.41, 5.74) is 7.23. The van der Waals surface area contributed by atoms with Crippen LogP contribution in [-0.4, -0.2) is 29.4 Å². The predicted octanol–water partition coefficient (Wildman–Crippen LogP) is 2.48. The number of likely N-dealkylation sites (tertiary alicyclic amines) is 1. The number of rotatable bonds is 2. The molecule has 2 unspecified atom stereocenters. The van der Waals surface area contributed by atoms with Crippen LogP contribution in [0.4, 0.5) is 4.39 Å². The van der Waals surface area contributed by atoms with E-state index in [4.69, 9.17) is 5.73 Å². The highest BCUT2D eigenvalue weighted by Crippen LogP contribution is 2.23. The molecule has 2 rings (SSSR count). The molecule has 1 aliphatic heterocycles. The van der Waals surface area contributed by atoms with Crippen molar-refractivity contribution in [2.75, 3.05) is 6.54 Å². The molecule has 1 aromatic carbocycles. The molecule has 2 atom stereocenters. The third kappa shape index (κ3) is 2.95. The Morgan fingerprint density at radius 1 is 1.47 bits per heavy atom. The van der Waals surface area contributed by atoms with Gasteiger partial charge in [-0.3, -0.25) is 4.79 Å². The summed E-state index contributed by atoms with van der Waals surface area (Å²) in [6, 6.07) is 4.35. The van der Waals surface area contributed by atoms with Gasteiger partial charge in [0.1, 0.15) is 5.82 Å². The zero-order chi connectivity index (χ0) is 14.0. The molecule has 2 N–H and O–H groups in total. The van der Waals surface area contributed by atoms with Gasteiger partial charge in [-0.2, -0.15) is 0 Å². The Morgan fingerprint density at radius 3 is 2.89 bits per heavy atom. The van der Waals surface area contributed by atoms with Gasteiger partial charge in [0.25, 0.3) is 5.91 Å². The number of aryl methyl sites for hydroxylation is 1. The quantitative estimate of drug-likeness (QED) is 0.892. The molecule has 1 saturated heterocycles. The minimum absolute atomic E-state index is 0.0573. The van der Waals surface area contributed by atoms with Crippen molar-refractivity contribution in [1.82, 2.24) is 4.90 Å². The second-order valence-corrected chi connectivity index (χ2v) is 5.38. The van der Waals surface area contributed by atoms with Crippen LogP contribution < -0.4 is 5.73 Å². The first kappa shape index (κ1) is 14.0. The van der Waals surface area contributed by atoms with Gasteiger partial charge in [-0.15, -0.1) is 0 Å². The summed E-state index contributed by atoms with van der Waals surface area (Å²) in [5.74, 6) is -0.470. The van der Waals surface area contributed by atoms with Crippen LogP contribution in [0.25, 0.3) is 0 Å². The molecule has 0 aromatic heterocycles. The van der Waals surface area contributed by atoms with E-state index in [1.54, 1.807) is 6.07 Å². The lowest BCUT2D eigenvalue weighted by Gasteiger charge is -2.38. The monoisotopic (exact) mass is 264 g/mol. The molecule has 4 heteroatoms. The molecule has 0 spiro atoms. The van der Waals surface area contributed by atoms with Gasteiger partial charge in [0, 0.05) is 24.2 Å². The first-order valence-electron chi connectivity index (χ1n) is 6.83. The minimum Gasteiger partial charge on any atom is -0.334 e. The molecule has 1 aliphatic rings. The molecule has 0 aliphatic carbocycles. The zero-order valence-corrected chi connectivity index (χ0v) is 11.5. The maximum Gasteiger partial charge on any atom is 0.254 e. The lowest BCUT2D eigenvalue weighted by molar-refractivity contribution is 0.0582. The number of benzene rings is 1. The van der Waals surface area contributed by atoms with Gasteiger partial charge in [0.15, 0.2) is 0 Å². The molecule has 3 nitrogen and oxygen atoms in total. The van der Waals surface area contributed by atoms with Crippen LogP contribution >= 0.6 is 0 Å². The summed E-state index contributed by atoms with van der Waals surface area (Å²) in [7, 11) is 0. The van der Waals surface area contributed by atoms with E-state index in [1.165, 1.54) is 12.1 Å². The fraction of sp³-hybridized carbons (Fsp3) is 0.533. The second kappa shape index (κ2) is 5.70. The van der Waals surface area contributed by atoms with Crippen LogP contribution in [0, 0.1) is 12.7 Å². The number of nitrogens with two attached hydrogens (primary N) is 1. The Bertz CT molecular complexity index is 473. The van der Waals surface area contributed by atoms with Crippen LogP contribution in [0.3, 0.4) is 0 Å². The zero-order valence-electron chi connectivity index (χ0n) is 11.5. The van der Waals surface area contributed by atoms with E-state index >= 15 is 0 Å². The van der Waals surface area contributed by atoms with E-state index in [9.17, 15) is 9.18 Å². The second-order valence-electron chi connectivity index (χ2n) is 5.38. The van der Waals surface area contributed by atoms with Gasteiger partial charge >= 0.3 is 0 Å². The van der Waals surface area contributed by atoms with Crippen LogP contribution in [-0.2, 0) is 0 Å². The SMILES string of the molecule is Cc1ccc(F)cc1C(=O)N1CCCCC1C(C)N. The van der Waals surface area contributed by atoms with E-state index in [-0.39, 0.29) is 23.8 Å². The van der Waals surface area contributed by atoms with E-state index < -0.39 is 0 Å². The first-order chi connectivity index (χ1) is 9.00. The van der Waals surface area contributed by atoms with Crippen molar-refractivity contribution in [2.45, 2.75) is 45.2 Å². The summed E-state index contributed by atoms with van der Waals surface area (Å²) in [4.78, 5) is 14.4. The number of carbonyl (C=O) groups excluding carboxylic acids is 1. The summed E-state index contributed by atoms with van der Waals surface area (Å²) < 4.78 is 13.3. The number of nitrogens with zero attached hydrogens (tertiary/aromatic N) is 1. The Balaban J connectivity index is 2.28. The number of hydrogen-bond acceptors (Lipinski definition) is 2. The maximum absolute atomic E-state index is 13.3. The number of piperidine rings is 1. The van der Waals surface area contributed by atoms with Gasteiger partial charge in [-0.25, -0.2) is 4.39 Å². The van der Waals surface area contributed by atoms with Gasteiger partial charge in [-0.1, -0.05) is 6.07 Å². The van der Waals surface area contributed by atoms with E-state index in [0.717, 1.165) is 24.8 Å². The minimum atomic E-state index is -0.372. The summed E-state index contributed by atoms with van der Waals surface area (Å²) in [6.07, 6.45) is 3.01. The topological polar surface area (TPSA) is 46.3 Å². The van der Waals surface area contributed by atoms with Crippen LogP contribution in [0.2, 0.25) is 0 Å². The van der Waals surface area contributed by atoms with Crippen LogP contribution in [0.15, 0.2) is 18.2 Å². The molecule has 0 bridgehead atoms. The molecule has 1 fully saturated rings. The highest BCUT2D eigenvalue weighted by molar-refractivity contribution is 5.96. The average molecular weight is 264 g/mol. The molecule has 1 heterocycles. The van der Waals surface area contributed by atoms with Gasteiger partial charge in [-0.05, 0) is 50.8 Å². The third-order valence-corrected chi connectivity index (χ3v) is 3.85. The van der Waals surface area contributed by atoms with Crippen LogP contribution in [0.1, 0.15) is 42.1 Å². The Labute approximate surface area is 113 Å². The first-order valence-corrected chi connectivity index (χ1v) is 6.83. The fourth-order valence-corrected chi connectivity index (χ4v) is 2.74. The number of carbonyl (C=O) groups is 1. The molecule has 1 amide bonds. The maximum atomic E-state index is 13.3. The molecular formula is C15H21FN2O. The molecular weight excluding hydrogens is 243 g/mol. The van der Waals surface area contributed by atoms with Crippen molar-refractivity contribution in [3.8, 4) is 0 Å². The summed E-state index contributed by atoms with van der Waals surface area (Å²) in [5, 5.41) is 0. The highest BCUT2D eigenvalue weighted by atomic mass is 19.1. The normalized spacial score (nSPS) is 21.3. The van der Waals surface area contributed by atoms with Crippen molar-refractivity contribution in [2.24, 2.45) is 5.73 Å². The van der Waals surface area contributed by atoms with Crippen molar-refractivity contribution in [3.05, 3.63) is 35.1 Å². The fourth-order valence-electron chi connectivity index (χ4n) is 2.74. The highest BCUT2D eigenvalue weighted by Gasteiger charge is 2.30. The third-order valence-electron chi connectivity index (χ3n) is 3.85. The molecule has 104 valence electrons. The van der Waals surface area contributed by atoms with Crippen molar-refractivity contribution >= 4 is 5.91 Å². The number of amides is 1. The van der Waals surface area contributed by atoms with Crippen molar-refractivity contribution in [3.63, 3.8) is 0 Å². The van der Waals surface area contributed by atoms with E-state index in [0.29, 0.717) is 12.1 Å². The standard InChI is InChI=1S/C15H21FN2O/c1-10-6-7-12(16)9-13(10)15(19)18-8-4-3-5-14(18)11(2)17/h6-7,9,11,14H,3-5,8,17H2,1-2H3. The van der Waals surface area contributed by atoms with Gasteiger partial charge in [0.2, 0.25) is 0 Å². The average Bonchev–Trinajstić information content (AvgIpc) is 2.40. The molecule has 1 aromatic rings. The Kier molecular flexibility index (Phi) is 4.20. The number of hydrogen-bond donors (Lipinski definition) is 1. The number of halogens is 1. The summed E-state index contributed by atoms with van der Waals surface area (Å²) >= 11 is 0. The summed E-state index contributed by atoms with van der Waals surface area (Å²) in [6.45, 7) is 4.47. The van der Waals surface area contributed by atoms with Crippen molar-refractivity contribution < 1.29 is 9.18 Å². The Hall–Kier alpha value is -1.42. The van der Waals surface area contributed by atoms with Crippen molar-refractivity contribution in [1.29, 1.82) is 0 Å². The molecule has 19 heavy (non-hydrogen) atoms. The molecule has 0 radical (unpaired) electrons. The van der Waals surface area contributed by atoms with Crippen LogP contribution in [0.5, 0.6) is 0 Å². The van der Waals surface area contributed by atoms with E-state index in [1.807, 2.05) is 18.7 Å². The predicted molar refractivity (Wildman–Crippen MR) is 73.5 cm³/mol.